The Morgan fingerprint density at radius 3 is 2.67 bits per heavy atom. The Hall–Kier alpha value is -1.62. The molecule has 1 heterocycles. The second kappa shape index (κ2) is 6.02. The van der Waals surface area contributed by atoms with Crippen LogP contribution in [0, 0.1) is 11.7 Å². The monoisotopic (exact) mass is 291 g/mol. The zero-order chi connectivity index (χ0) is 14.8. The highest BCUT2D eigenvalue weighted by Gasteiger charge is 2.28. The Balaban J connectivity index is 1.66. The van der Waals surface area contributed by atoms with Crippen LogP contribution in [-0.4, -0.2) is 25.0 Å². The molecule has 2 aliphatic rings. The van der Waals surface area contributed by atoms with Crippen molar-refractivity contribution < 1.29 is 9.18 Å². The number of carbonyl (C=O) groups is 1. The number of halogens is 1. The van der Waals surface area contributed by atoms with E-state index in [0.29, 0.717) is 11.4 Å². The predicted octanol–water partition coefficient (Wildman–Crippen LogP) is 2.49. The average molecular weight is 291 g/mol. The molecule has 1 amide bonds. The molecule has 3 N–H and O–H groups in total. The lowest BCUT2D eigenvalue weighted by Crippen LogP contribution is -2.23. The van der Waals surface area contributed by atoms with Gasteiger partial charge in [0.15, 0.2) is 0 Å². The maximum Gasteiger partial charge on any atom is 0.227 e. The Kier molecular flexibility index (Phi) is 4.10. The van der Waals surface area contributed by atoms with Crippen molar-refractivity contribution in [3.05, 3.63) is 24.0 Å². The summed E-state index contributed by atoms with van der Waals surface area (Å²) in [5.41, 5.74) is 6.99. The van der Waals surface area contributed by atoms with E-state index in [-0.39, 0.29) is 23.7 Å². The molecular formula is C16H22FN3O. The third-order valence-corrected chi connectivity index (χ3v) is 4.51. The van der Waals surface area contributed by atoms with Gasteiger partial charge in [0.2, 0.25) is 5.91 Å². The molecule has 4 nitrogen and oxygen atoms in total. The molecule has 2 atom stereocenters. The van der Waals surface area contributed by atoms with Gasteiger partial charge in [0.25, 0.3) is 0 Å². The number of anilines is 2. The summed E-state index contributed by atoms with van der Waals surface area (Å²) >= 11 is 0. The number of nitrogens with one attached hydrogen (secondary N) is 1. The Morgan fingerprint density at radius 1 is 1.29 bits per heavy atom. The quantitative estimate of drug-likeness (QED) is 0.899. The van der Waals surface area contributed by atoms with Crippen molar-refractivity contribution in [2.45, 2.75) is 38.1 Å². The summed E-state index contributed by atoms with van der Waals surface area (Å²) in [4.78, 5) is 14.2. The van der Waals surface area contributed by atoms with Crippen LogP contribution >= 0.6 is 0 Å². The van der Waals surface area contributed by atoms with Crippen LogP contribution in [0.4, 0.5) is 15.8 Å². The predicted molar refractivity (Wildman–Crippen MR) is 81.8 cm³/mol. The fourth-order valence-electron chi connectivity index (χ4n) is 3.30. The molecule has 1 aromatic rings. The average Bonchev–Trinajstić information content (AvgIpc) is 3.10. The molecule has 0 aromatic heterocycles. The summed E-state index contributed by atoms with van der Waals surface area (Å²) in [6.45, 7) is 1.81. The van der Waals surface area contributed by atoms with Gasteiger partial charge in [-0.05, 0) is 50.3 Å². The van der Waals surface area contributed by atoms with Crippen molar-refractivity contribution >= 4 is 17.3 Å². The second-order valence-corrected chi connectivity index (χ2v) is 6.12. The molecular weight excluding hydrogens is 269 g/mol. The lowest BCUT2D eigenvalue weighted by molar-refractivity contribution is -0.119. The molecule has 0 bridgehead atoms. The molecule has 2 fully saturated rings. The molecule has 21 heavy (non-hydrogen) atoms. The number of nitrogens with zero attached hydrogens (tertiary/aromatic N) is 1. The number of hydrogen-bond donors (Lipinski definition) is 2. The number of amides is 1. The Bertz CT molecular complexity index is 528. The van der Waals surface area contributed by atoms with E-state index in [1.807, 2.05) is 0 Å². The fourth-order valence-corrected chi connectivity index (χ4v) is 3.30. The minimum atomic E-state index is -0.266. The Labute approximate surface area is 124 Å². The molecule has 5 heteroatoms. The molecule has 0 spiro atoms. The summed E-state index contributed by atoms with van der Waals surface area (Å²) in [7, 11) is 0. The summed E-state index contributed by atoms with van der Waals surface area (Å²) in [6, 6.07) is 5.08. The molecule has 1 saturated carbocycles. The van der Waals surface area contributed by atoms with Gasteiger partial charge in [-0.15, -0.1) is 0 Å². The summed E-state index contributed by atoms with van der Waals surface area (Å²) in [6.07, 6.45) is 4.65. The maximum absolute atomic E-state index is 14.2. The molecule has 1 aliphatic carbocycles. The third-order valence-electron chi connectivity index (χ3n) is 4.51. The van der Waals surface area contributed by atoms with Crippen LogP contribution in [0.3, 0.4) is 0 Å². The van der Waals surface area contributed by atoms with E-state index in [0.717, 1.165) is 45.2 Å². The topological polar surface area (TPSA) is 58.4 Å². The van der Waals surface area contributed by atoms with Gasteiger partial charge in [0.05, 0.1) is 5.69 Å². The van der Waals surface area contributed by atoms with Crippen molar-refractivity contribution in [2.75, 3.05) is 23.3 Å². The van der Waals surface area contributed by atoms with Crippen molar-refractivity contribution in [1.82, 2.24) is 0 Å². The molecule has 1 aromatic carbocycles. The zero-order valence-electron chi connectivity index (χ0n) is 12.1. The first-order valence-electron chi connectivity index (χ1n) is 7.74. The number of carbonyl (C=O) groups excluding carboxylic acids is 1. The van der Waals surface area contributed by atoms with Crippen LogP contribution in [-0.2, 0) is 4.79 Å². The first kappa shape index (κ1) is 14.3. The van der Waals surface area contributed by atoms with Gasteiger partial charge >= 0.3 is 0 Å². The SMILES string of the molecule is NC1CCC(C(=O)Nc2ccc(N3CCCC3)c(F)c2)C1. The van der Waals surface area contributed by atoms with Crippen LogP contribution in [0.2, 0.25) is 0 Å². The van der Waals surface area contributed by atoms with Crippen LogP contribution in [0.25, 0.3) is 0 Å². The normalized spacial score (nSPS) is 25.3. The maximum atomic E-state index is 14.2. The van der Waals surface area contributed by atoms with E-state index in [1.165, 1.54) is 6.07 Å². The summed E-state index contributed by atoms with van der Waals surface area (Å²) < 4.78 is 14.2. The van der Waals surface area contributed by atoms with E-state index >= 15 is 0 Å². The number of rotatable bonds is 3. The highest BCUT2D eigenvalue weighted by Crippen LogP contribution is 2.28. The van der Waals surface area contributed by atoms with Gasteiger partial charge in [-0.3, -0.25) is 4.79 Å². The second-order valence-electron chi connectivity index (χ2n) is 6.12. The smallest absolute Gasteiger partial charge is 0.227 e. The first-order chi connectivity index (χ1) is 10.1. The van der Waals surface area contributed by atoms with Crippen LogP contribution < -0.4 is 16.0 Å². The highest BCUT2D eigenvalue weighted by molar-refractivity contribution is 5.93. The number of benzene rings is 1. The van der Waals surface area contributed by atoms with Crippen LogP contribution in [0.15, 0.2) is 18.2 Å². The number of hydrogen-bond acceptors (Lipinski definition) is 3. The van der Waals surface area contributed by atoms with E-state index in [2.05, 4.69) is 10.2 Å². The zero-order valence-corrected chi connectivity index (χ0v) is 12.1. The van der Waals surface area contributed by atoms with E-state index in [1.54, 1.807) is 12.1 Å². The molecule has 114 valence electrons. The van der Waals surface area contributed by atoms with Crippen molar-refractivity contribution in [3.63, 3.8) is 0 Å². The lowest BCUT2D eigenvalue weighted by Gasteiger charge is -2.19. The lowest BCUT2D eigenvalue weighted by atomic mass is 10.1. The number of nitrogens with two attached hydrogens (primary N) is 1. The van der Waals surface area contributed by atoms with Crippen LogP contribution in [0.5, 0.6) is 0 Å². The van der Waals surface area contributed by atoms with Gasteiger partial charge in [0.1, 0.15) is 5.82 Å². The first-order valence-corrected chi connectivity index (χ1v) is 7.74. The van der Waals surface area contributed by atoms with Crippen LogP contribution in [0.1, 0.15) is 32.1 Å². The summed E-state index contributed by atoms with van der Waals surface area (Å²) in [5, 5.41) is 2.81. The van der Waals surface area contributed by atoms with Crippen molar-refractivity contribution in [2.24, 2.45) is 11.7 Å². The fraction of sp³-hybridized carbons (Fsp3) is 0.562. The standard InChI is InChI=1S/C16H22FN3O/c17-14-10-13(5-6-15(14)20-7-1-2-8-20)19-16(21)11-3-4-12(18)9-11/h5-6,10-12H,1-4,7-9,18H2,(H,19,21). The van der Waals surface area contributed by atoms with Gasteiger partial charge in [0, 0.05) is 30.7 Å². The van der Waals surface area contributed by atoms with Crippen molar-refractivity contribution in [1.29, 1.82) is 0 Å². The van der Waals surface area contributed by atoms with Gasteiger partial charge in [-0.1, -0.05) is 0 Å². The minimum Gasteiger partial charge on any atom is -0.369 e. The largest absolute Gasteiger partial charge is 0.369 e. The highest BCUT2D eigenvalue weighted by atomic mass is 19.1. The third kappa shape index (κ3) is 3.18. The summed E-state index contributed by atoms with van der Waals surface area (Å²) in [5.74, 6) is -0.351. The van der Waals surface area contributed by atoms with E-state index in [4.69, 9.17) is 5.73 Å². The Morgan fingerprint density at radius 2 is 2.05 bits per heavy atom. The molecule has 2 unspecified atom stereocenters. The van der Waals surface area contributed by atoms with Crippen molar-refractivity contribution in [3.8, 4) is 0 Å². The molecule has 0 radical (unpaired) electrons. The molecule has 3 rings (SSSR count). The van der Waals surface area contributed by atoms with Gasteiger partial charge in [-0.25, -0.2) is 4.39 Å². The van der Waals surface area contributed by atoms with E-state index < -0.39 is 0 Å². The van der Waals surface area contributed by atoms with Gasteiger partial charge in [-0.2, -0.15) is 0 Å². The minimum absolute atomic E-state index is 0.0404. The molecule has 1 aliphatic heterocycles. The van der Waals surface area contributed by atoms with Gasteiger partial charge < -0.3 is 16.0 Å². The molecule has 1 saturated heterocycles. The van der Waals surface area contributed by atoms with E-state index in [9.17, 15) is 9.18 Å².